The van der Waals surface area contributed by atoms with Gasteiger partial charge in [-0.1, -0.05) is 0 Å². The van der Waals surface area contributed by atoms with E-state index in [1.807, 2.05) is 0 Å². The number of aliphatic carboxylic acids is 1. The molecule has 1 rings (SSSR count). The van der Waals surface area contributed by atoms with Crippen molar-refractivity contribution in [2.24, 2.45) is 5.73 Å². The lowest BCUT2D eigenvalue weighted by molar-refractivity contribution is -0.147. The van der Waals surface area contributed by atoms with Gasteiger partial charge in [-0.15, -0.1) is 0 Å². The van der Waals surface area contributed by atoms with E-state index >= 15 is 0 Å². The van der Waals surface area contributed by atoms with Gasteiger partial charge in [0.15, 0.2) is 0 Å². The molecular weight excluding hydrogens is 200 g/mol. The number of carboxylic acids is 1. The van der Waals surface area contributed by atoms with Gasteiger partial charge in [-0.05, 0) is 19.4 Å². The maximum Gasteiger partial charge on any atom is 0.323 e. The third kappa shape index (κ3) is 3.85. The topological polar surface area (TPSA) is 102 Å². The normalized spacial score (nSPS) is 22.3. The number of ether oxygens (including phenoxy) is 1. The molecule has 15 heavy (non-hydrogen) atoms. The van der Waals surface area contributed by atoms with E-state index in [-0.39, 0.29) is 25.0 Å². The van der Waals surface area contributed by atoms with Gasteiger partial charge in [-0.2, -0.15) is 0 Å². The van der Waals surface area contributed by atoms with Crippen LogP contribution in [0.2, 0.25) is 0 Å². The van der Waals surface area contributed by atoms with Crippen molar-refractivity contribution < 1.29 is 19.4 Å². The summed E-state index contributed by atoms with van der Waals surface area (Å²) in [5, 5.41) is 11.5. The molecule has 86 valence electrons. The Balaban J connectivity index is 2.14. The number of carbonyl (C=O) groups is 2. The minimum atomic E-state index is -1.08. The van der Waals surface area contributed by atoms with Crippen LogP contribution < -0.4 is 11.1 Å². The van der Waals surface area contributed by atoms with Crippen molar-refractivity contribution in [1.82, 2.24) is 5.32 Å². The number of nitrogens with two attached hydrogens (primary N) is 1. The molecule has 0 aliphatic carbocycles. The fraction of sp³-hybridized carbons (Fsp3) is 0.778. The van der Waals surface area contributed by atoms with Crippen molar-refractivity contribution >= 4 is 11.9 Å². The highest BCUT2D eigenvalue weighted by Gasteiger charge is 2.23. The Morgan fingerprint density at radius 1 is 1.60 bits per heavy atom. The zero-order chi connectivity index (χ0) is 11.3. The van der Waals surface area contributed by atoms with Crippen LogP contribution in [-0.2, 0) is 14.3 Å². The highest BCUT2D eigenvalue weighted by atomic mass is 16.5. The van der Waals surface area contributed by atoms with Crippen molar-refractivity contribution in [1.29, 1.82) is 0 Å². The van der Waals surface area contributed by atoms with Crippen molar-refractivity contribution in [2.75, 3.05) is 13.2 Å². The van der Waals surface area contributed by atoms with E-state index in [0.717, 1.165) is 19.4 Å². The summed E-state index contributed by atoms with van der Waals surface area (Å²) >= 11 is 0. The van der Waals surface area contributed by atoms with Crippen molar-refractivity contribution in [3.8, 4) is 0 Å². The quantitative estimate of drug-likeness (QED) is 0.514. The first-order valence-corrected chi connectivity index (χ1v) is 4.99. The van der Waals surface area contributed by atoms with Crippen molar-refractivity contribution in [3.63, 3.8) is 0 Å². The Hall–Kier alpha value is -1.14. The summed E-state index contributed by atoms with van der Waals surface area (Å²) in [5.41, 5.74) is 5.25. The summed E-state index contributed by atoms with van der Waals surface area (Å²) in [6.07, 6.45) is 1.89. The largest absolute Gasteiger partial charge is 0.480 e. The molecule has 6 heteroatoms. The smallest absolute Gasteiger partial charge is 0.323 e. The minimum Gasteiger partial charge on any atom is -0.480 e. The molecule has 1 saturated heterocycles. The molecule has 0 spiro atoms. The van der Waals surface area contributed by atoms with Gasteiger partial charge in [0.25, 0.3) is 0 Å². The van der Waals surface area contributed by atoms with Gasteiger partial charge in [0.2, 0.25) is 0 Å². The first-order valence-electron chi connectivity index (χ1n) is 4.99. The molecule has 0 amide bonds. The summed E-state index contributed by atoms with van der Waals surface area (Å²) < 4.78 is 4.90. The van der Waals surface area contributed by atoms with Gasteiger partial charge in [-0.25, -0.2) is 0 Å². The fourth-order valence-electron chi connectivity index (χ4n) is 1.40. The minimum absolute atomic E-state index is 0.0600. The summed E-state index contributed by atoms with van der Waals surface area (Å²) in [4.78, 5) is 21.7. The van der Waals surface area contributed by atoms with E-state index < -0.39 is 12.0 Å². The lowest BCUT2D eigenvalue weighted by Gasteiger charge is -2.11. The number of nitrogens with one attached hydrogen (secondary N) is 1. The molecule has 4 N–H and O–H groups in total. The van der Waals surface area contributed by atoms with Crippen LogP contribution in [0.25, 0.3) is 0 Å². The second-order valence-electron chi connectivity index (χ2n) is 3.55. The summed E-state index contributed by atoms with van der Waals surface area (Å²) in [6.45, 7) is 0.888. The molecule has 6 nitrogen and oxygen atoms in total. The standard InChI is InChI=1S/C9H16N2O4/c10-6(8(12)13)3-5-15-9(14)7-2-1-4-11-7/h6-7,11H,1-5,10H2,(H,12,13)/t6-,7-/m0/s1. The first kappa shape index (κ1) is 11.9. The maximum atomic E-state index is 11.3. The SMILES string of the molecule is N[C@@H](CCOC(=O)[C@@H]1CCCN1)C(=O)O. The van der Waals surface area contributed by atoms with Crippen LogP contribution in [-0.4, -0.2) is 42.3 Å². The van der Waals surface area contributed by atoms with Gasteiger partial charge in [-0.3, -0.25) is 9.59 Å². The monoisotopic (exact) mass is 216 g/mol. The van der Waals surface area contributed by atoms with Gasteiger partial charge < -0.3 is 20.9 Å². The molecule has 1 fully saturated rings. The second-order valence-corrected chi connectivity index (χ2v) is 3.55. The van der Waals surface area contributed by atoms with Gasteiger partial charge in [0, 0.05) is 6.42 Å². The molecule has 1 heterocycles. The maximum absolute atomic E-state index is 11.3. The van der Waals surface area contributed by atoms with E-state index in [4.69, 9.17) is 15.6 Å². The van der Waals surface area contributed by atoms with Gasteiger partial charge in [0.05, 0.1) is 6.61 Å². The van der Waals surface area contributed by atoms with Crippen LogP contribution in [0, 0.1) is 0 Å². The molecule has 1 aliphatic rings. The Kier molecular flexibility index (Phi) is 4.51. The predicted molar refractivity (Wildman–Crippen MR) is 52.2 cm³/mol. The number of hydrogen-bond acceptors (Lipinski definition) is 5. The van der Waals surface area contributed by atoms with Crippen LogP contribution in [0.4, 0.5) is 0 Å². The van der Waals surface area contributed by atoms with Gasteiger partial charge in [0.1, 0.15) is 12.1 Å². The second kappa shape index (κ2) is 5.67. The van der Waals surface area contributed by atoms with Crippen LogP contribution >= 0.6 is 0 Å². The highest BCUT2D eigenvalue weighted by Crippen LogP contribution is 2.06. The fourth-order valence-corrected chi connectivity index (χ4v) is 1.40. The first-order chi connectivity index (χ1) is 7.11. The number of esters is 1. The van der Waals surface area contributed by atoms with Gasteiger partial charge >= 0.3 is 11.9 Å². The van der Waals surface area contributed by atoms with Crippen LogP contribution in [0.3, 0.4) is 0 Å². The zero-order valence-electron chi connectivity index (χ0n) is 8.44. The molecule has 0 radical (unpaired) electrons. The lowest BCUT2D eigenvalue weighted by Crippen LogP contribution is -2.35. The average Bonchev–Trinajstić information content (AvgIpc) is 2.70. The zero-order valence-corrected chi connectivity index (χ0v) is 8.44. The Bertz CT molecular complexity index is 238. The number of rotatable bonds is 5. The molecule has 0 aromatic rings. The van der Waals surface area contributed by atoms with Crippen molar-refractivity contribution in [2.45, 2.75) is 31.3 Å². The van der Waals surface area contributed by atoms with Crippen LogP contribution in [0.15, 0.2) is 0 Å². The molecule has 0 bridgehead atoms. The van der Waals surface area contributed by atoms with E-state index in [9.17, 15) is 9.59 Å². The Morgan fingerprint density at radius 2 is 2.33 bits per heavy atom. The van der Waals surface area contributed by atoms with E-state index in [0.29, 0.717) is 0 Å². The molecule has 0 saturated carbocycles. The summed E-state index contributed by atoms with van der Waals surface area (Å²) in [5.74, 6) is -1.39. The Labute approximate surface area is 87.8 Å². The number of carbonyl (C=O) groups excluding carboxylic acids is 1. The van der Waals surface area contributed by atoms with Crippen molar-refractivity contribution in [3.05, 3.63) is 0 Å². The lowest BCUT2D eigenvalue weighted by atomic mass is 10.2. The van der Waals surface area contributed by atoms with Crippen LogP contribution in [0.5, 0.6) is 0 Å². The molecular formula is C9H16N2O4. The van der Waals surface area contributed by atoms with E-state index in [1.54, 1.807) is 0 Å². The highest BCUT2D eigenvalue weighted by molar-refractivity contribution is 5.76. The number of carboxylic acid groups (broad SMARTS) is 1. The predicted octanol–water partition coefficient (Wildman–Crippen LogP) is -0.916. The van der Waals surface area contributed by atoms with Crippen LogP contribution in [0.1, 0.15) is 19.3 Å². The molecule has 0 aromatic carbocycles. The molecule has 0 unspecified atom stereocenters. The average molecular weight is 216 g/mol. The molecule has 2 atom stereocenters. The molecule has 0 aromatic heterocycles. The third-order valence-electron chi connectivity index (χ3n) is 2.34. The summed E-state index contributed by atoms with van der Waals surface area (Å²) in [7, 11) is 0. The van der Waals surface area contributed by atoms with E-state index in [1.165, 1.54) is 0 Å². The Morgan fingerprint density at radius 3 is 2.87 bits per heavy atom. The number of hydrogen-bond donors (Lipinski definition) is 3. The van der Waals surface area contributed by atoms with E-state index in [2.05, 4.69) is 5.32 Å². The summed E-state index contributed by atoms with van der Waals surface area (Å²) in [6, 6.07) is -1.19. The molecule has 1 aliphatic heterocycles. The third-order valence-corrected chi connectivity index (χ3v) is 2.34.